The molecular formula is C37H45N2O3+. The Bertz CT molecular complexity index is 1700. The van der Waals surface area contributed by atoms with Gasteiger partial charge in [-0.05, 0) is 86.3 Å². The van der Waals surface area contributed by atoms with Gasteiger partial charge in [-0.3, -0.25) is 0 Å². The summed E-state index contributed by atoms with van der Waals surface area (Å²) < 4.78 is 12.5. The van der Waals surface area contributed by atoms with Gasteiger partial charge in [0.25, 0.3) is 0 Å². The Labute approximate surface area is 250 Å². The number of fused-ring (bicyclic) bond motifs is 4. The van der Waals surface area contributed by atoms with Crippen molar-refractivity contribution in [1.82, 2.24) is 5.32 Å². The molecule has 1 aliphatic carbocycles. The average Bonchev–Trinajstić information content (AvgIpc) is 2.89. The Morgan fingerprint density at radius 1 is 1.02 bits per heavy atom. The number of benzene rings is 2. The minimum Gasteiger partial charge on any atom is -0.484 e. The molecule has 3 heterocycles. The number of allylic oxidation sites excluding steroid dienone is 2. The summed E-state index contributed by atoms with van der Waals surface area (Å²) >= 11 is 0. The number of ether oxygens (including phenoxy) is 2. The normalized spacial score (nSPS) is 22.4. The predicted molar refractivity (Wildman–Crippen MR) is 169 cm³/mol. The van der Waals surface area contributed by atoms with Crippen molar-refractivity contribution in [2.24, 2.45) is 5.92 Å². The number of carbonyl (C=O) groups is 1. The van der Waals surface area contributed by atoms with Crippen LogP contribution in [-0.2, 0) is 4.74 Å². The van der Waals surface area contributed by atoms with Gasteiger partial charge in [0.2, 0.25) is 5.36 Å². The first-order valence-electron chi connectivity index (χ1n) is 14.8. The number of nitrogens with one attached hydrogen (secondary N) is 2. The van der Waals surface area contributed by atoms with Gasteiger partial charge in [0, 0.05) is 36.2 Å². The van der Waals surface area contributed by atoms with Gasteiger partial charge in [0.05, 0.1) is 23.8 Å². The van der Waals surface area contributed by atoms with Crippen LogP contribution in [0.15, 0.2) is 77.5 Å². The molecule has 2 aromatic carbocycles. The predicted octanol–water partition coefficient (Wildman–Crippen LogP) is 4.90. The zero-order chi connectivity index (χ0) is 29.1. The Balaban J connectivity index is 0.00000353. The maximum Gasteiger partial charge on any atom is 0.338 e. The minimum absolute atomic E-state index is 0. The highest BCUT2D eigenvalue weighted by molar-refractivity contribution is 5.96. The van der Waals surface area contributed by atoms with Crippen LogP contribution >= 0.6 is 0 Å². The molecule has 0 bridgehead atoms. The summed E-state index contributed by atoms with van der Waals surface area (Å²) in [5.41, 5.74) is 8.20. The molecule has 42 heavy (non-hydrogen) atoms. The van der Waals surface area contributed by atoms with E-state index in [2.05, 4.69) is 101 Å². The van der Waals surface area contributed by atoms with E-state index >= 15 is 0 Å². The molecule has 5 nitrogen and oxygen atoms in total. The zero-order valence-corrected chi connectivity index (χ0v) is 25.3. The molecule has 3 aliphatic heterocycles. The molecule has 4 aliphatic rings. The van der Waals surface area contributed by atoms with Gasteiger partial charge in [-0.1, -0.05) is 51.1 Å². The third kappa shape index (κ3) is 5.26. The fraction of sp³-hybridized carbons (Fsp3) is 0.405. The standard InChI is InChI=1S/C36H40N2O3.CH4/c1-8-9-14-40-34(39)24-13-11-10-12-23(24)33-27-15-25-21(2)19-35(4,5)37-29(25)17-31(27)41-32-18-30-26(16-28(32)33)22(3)20-36(6,7)38-30;/h10-13,15-20,27,31,37H,8-9,14H2,1-7H3;1H4/p+1. The quantitative estimate of drug-likeness (QED) is 0.400. The SMILES string of the molecule is C.CCCCOC(=O)c1ccccc1C1=c2cc3c(cc2OC2C=C4NC(C)(C)C=C(C)C4=CC12)=[NH+]C(C)(C)C=C3C. The van der Waals surface area contributed by atoms with Gasteiger partial charge in [-0.2, -0.15) is 0 Å². The van der Waals surface area contributed by atoms with Crippen molar-refractivity contribution >= 4 is 17.1 Å². The minimum atomic E-state index is -0.277. The van der Waals surface area contributed by atoms with Crippen LogP contribution in [0.2, 0.25) is 0 Å². The van der Waals surface area contributed by atoms with Gasteiger partial charge in [0.15, 0.2) is 5.54 Å². The largest absolute Gasteiger partial charge is 0.484 e. The van der Waals surface area contributed by atoms with Crippen molar-refractivity contribution in [3.8, 4) is 5.75 Å². The monoisotopic (exact) mass is 565 g/mol. The van der Waals surface area contributed by atoms with Crippen LogP contribution in [0.4, 0.5) is 0 Å². The van der Waals surface area contributed by atoms with Crippen LogP contribution in [-0.4, -0.2) is 29.8 Å². The van der Waals surface area contributed by atoms with Crippen LogP contribution in [0.25, 0.3) is 11.1 Å². The Morgan fingerprint density at radius 3 is 2.55 bits per heavy atom. The van der Waals surface area contributed by atoms with E-state index in [0.717, 1.165) is 51.6 Å². The van der Waals surface area contributed by atoms with Crippen molar-refractivity contribution in [2.45, 2.75) is 85.9 Å². The summed E-state index contributed by atoms with van der Waals surface area (Å²) in [7, 11) is 0. The van der Waals surface area contributed by atoms with Crippen molar-refractivity contribution < 1.29 is 19.3 Å². The molecule has 0 aromatic heterocycles. The fourth-order valence-electron chi connectivity index (χ4n) is 6.79. The number of hydrogen-bond acceptors (Lipinski definition) is 4. The molecule has 2 aromatic rings. The molecule has 0 amide bonds. The summed E-state index contributed by atoms with van der Waals surface area (Å²) in [6.45, 7) is 15.6. The van der Waals surface area contributed by atoms with Crippen LogP contribution in [0.3, 0.4) is 0 Å². The number of rotatable bonds is 5. The van der Waals surface area contributed by atoms with E-state index in [1.54, 1.807) is 0 Å². The van der Waals surface area contributed by atoms with E-state index in [-0.39, 0.29) is 36.5 Å². The van der Waals surface area contributed by atoms with E-state index < -0.39 is 0 Å². The van der Waals surface area contributed by atoms with Gasteiger partial charge in [0.1, 0.15) is 11.9 Å². The molecule has 2 unspecified atom stereocenters. The lowest BCUT2D eigenvalue weighted by atomic mass is 9.76. The third-order valence-electron chi connectivity index (χ3n) is 8.41. The lowest BCUT2D eigenvalue weighted by Crippen LogP contribution is -2.89. The highest BCUT2D eigenvalue weighted by atomic mass is 16.5. The maximum absolute atomic E-state index is 13.4. The third-order valence-corrected chi connectivity index (χ3v) is 8.41. The van der Waals surface area contributed by atoms with E-state index in [4.69, 9.17) is 9.47 Å². The second-order valence-corrected chi connectivity index (χ2v) is 13.0. The first kappa shape index (κ1) is 29.6. The van der Waals surface area contributed by atoms with Crippen LogP contribution in [0.5, 0.6) is 5.75 Å². The first-order chi connectivity index (χ1) is 19.5. The molecular weight excluding hydrogens is 520 g/mol. The van der Waals surface area contributed by atoms with E-state index in [0.29, 0.717) is 12.2 Å². The van der Waals surface area contributed by atoms with E-state index in [1.807, 2.05) is 18.2 Å². The number of carbonyl (C=O) groups excluding carboxylic acids is 1. The summed E-state index contributed by atoms with van der Waals surface area (Å²) in [5.74, 6) is 0.469. The molecule has 220 valence electrons. The van der Waals surface area contributed by atoms with E-state index in [9.17, 15) is 4.79 Å². The first-order valence-corrected chi connectivity index (χ1v) is 14.8. The maximum atomic E-state index is 13.4. The topological polar surface area (TPSA) is 61.5 Å². The molecule has 0 fully saturated rings. The summed E-state index contributed by atoms with van der Waals surface area (Å²) in [5, 5.41) is 5.78. The molecule has 0 spiro atoms. The molecule has 6 rings (SSSR count). The second kappa shape index (κ2) is 10.8. The summed E-state index contributed by atoms with van der Waals surface area (Å²) in [6.07, 6.45) is 10.7. The summed E-state index contributed by atoms with van der Waals surface area (Å²) in [6, 6.07) is 12.3. The second-order valence-electron chi connectivity index (χ2n) is 13.0. The lowest BCUT2D eigenvalue weighted by Gasteiger charge is -2.40. The van der Waals surface area contributed by atoms with Crippen molar-refractivity contribution in [2.75, 3.05) is 6.61 Å². The van der Waals surface area contributed by atoms with Gasteiger partial charge in [-0.15, -0.1) is 0 Å². The number of esters is 1. The van der Waals surface area contributed by atoms with Crippen LogP contribution < -0.4 is 25.6 Å². The molecule has 5 heteroatoms. The molecule has 0 saturated heterocycles. The number of hydrogen-bond donors (Lipinski definition) is 2. The van der Waals surface area contributed by atoms with Gasteiger partial charge < -0.3 is 14.8 Å². The fourth-order valence-corrected chi connectivity index (χ4v) is 6.79. The van der Waals surface area contributed by atoms with E-state index in [1.165, 1.54) is 16.7 Å². The highest BCUT2D eigenvalue weighted by Gasteiger charge is 2.39. The van der Waals surface area contributed by atoms with Gasteiger partial charge >= 0.3 is 5.97 Å². The van der Waals surface area contributed by atoms with Crippen molar-refractivity contribution in [3.63, 3.8) is 0 Å². The van der Waals surface area contributed by atoms with Crippen LogP contribution in [0, 0.1) is 5.92 Å². The average molecular weight is 566 g/mol. The zero-order valence-electron chi connectivity index (χ0n) is 25.3. The Kier molecular flexibility index (Phi) is 7.59. The highest BCUT2D eigenvalue weighted by Crippen LogP contribution is 2.41. The smallest absolute Gasteiger partial charge is 0.338 e. The molecule has 0 saturated carbocycles. The molecule has 0 radical (unpaired) electrons. The van der Waals surface area contributed by atoms with Crippen molar-refractivity contribution in [3.05, 3.63) is 105 Å². The molecule has 2 N–H and O–H groups in total. The Hall–Kier alpha value is -3.86. The Morgan fingerprint density at radius 2 is 1.79 bits per heavy atom. The van der Waals surface area contributed by atoms with Crippen molar-refractivity contribution in [1.29, 1.82) is 0 Å². The lowest BCUT2D eigenvalue weighted by molar-refractivity contribution is -0.568. The number of unbranched alkanes of at least 4 members (excludes halogenated alkanes) is 1. The molecule has 2 atom stereocenters. The van der Waals surface area contributed by atoms with Gasteiger partial charge in [-0.25, -0.2) is 9.79 Å². The summed E-state index contributed by atoms with van der Waals surface area (Å²) in [4.78, 5) is 17.1. The van der Waals surface area contributed by atoms with Crippen LogP contribution in [0.1, 0.15) is 90.2 Å².